The van der Waals surface area contributed by atoms with Gasteiger partial charge in [-0.15, -0.1) is 0 Å². The molecule has 0 aliphatic rings. The highest BCUT2D eigenvalue weighted by Crippen LogP contribution is 2.32. The molecule has 1 aromatic carbocycles. The first-order valence-electron chi connectivity index (χ1n) is 5.94. The molecule has 0 bridgehead atoms. The molecule has 0 aromatic heterocycles. The summed E-state index contributed by atoms with van der Waals surface area (Å²) in [5.41, 5.74) is 1.55. The van der Waals surface area contributed by atoms with E-state index in [1.165, 1.54) is 6.92 Å². The van der Waals surface area contributed by atoms with Crippen molar-refractivity contribution in [1.82, 2.24) is 0 Å². The Morgan fingerprint density at radius 3 is 2.65 bits per heavy atom. The molecule has 0 amide bonds. The maximum atomic E-state index is 11.3. The standard InChI is InChI=1S/C15H20O2/c1-5-10-15(6-2,17-13(4)16)14-9-7-8-12(3)11-14/h5,7-11H,6H2,1-4H3/b10-5-. The summed E-state index contributed by atoms with van der Waals surface area (Å²) in [5.74, 6) is -0.258. The minimum atomic E-state index is -0.632. The van der Waals surface area contributed by atoms with Gasteiger partial charge in [0.05, 0.1) is 0 Å². The molecule has 2 heteroatoms. The third-order valence-corrected chi connectivity index (χ3v) is 2.79. The van der Waals surface area contributed by atoms with Crippen LogP contribution in [-0.2, 0) is 15.1 Å². The van der Waals surface area contributed by atoms with Gasteiger partial charge in [-0.1, -0.05) is 42.8 Å². The fourth-order valence-electron chi connectivity index (χ4n) is 2.02. The van der Waals surface area contributed by atoms with Gasteiger partial charge in [-0.2, -0.15) is 0 Å². The van der Waals surface area contributed by atoms with Gasteiger partial charge < -0.3 is 4.74 Å². The van der Waals surface area contributed by atoms with Crippen LogP contribution in [0.3, 0.4) is 0 Å². The third-order valence-electron chi connectivity index (χ3n) is 2.79. The monoisotopic (exact) mass is 232 g/mol. The summed E-state index contributed by atoms with van der Waals surface area (Å²) in [6.07, 6.45) is 4.60. The number of carbonyl (C=O) groups is 1. The molecule has 0 spiro atoms. The molecular weight excluding hydrogens is 212 g/mol. The predicted octanol–water partition coefficient (Wildman–Crippen LogP) is 3.74. The van der Waals surface area contributed by atoms with E-state index >= 15 is 0 Å². The minimum Gasteiger partial charge on any atom is -0.450 e. The zero-order valence-electron chi connectivity index (χ0n) is 11.0. The largest absolute Gasteiger partial charge is 0.450 e. The number of aryl methyl sites for hydroxylation is 1. The average molecular weight is 232 g/mol. The van der Waals surface area contributed by atoms with E-state index in [0.29, 0.717) is 0 Å². The van der Waals surface area contributed by atoms with Gasteiger partial charge in [0.1, 0.15) is 0 Å². The normalized spacial score (nSPS) is 14.6. The summed E-state index contributed by atoms with van der Waals surface area (Å²) in [5, 5.41) is 0. The van der Waals surface area contributed by atoms with Gasteiger partial charge in [0.2, 0.25) is 0 Å². The van der Waals surface area contributed by atoms with Crippen molar-refractivity contribution in [1.29, 1.82) is 0 Å². The zero-order valence-corrected chi connectivity index (χ0v) is 11.0. The topological polar surface area (TPSA) is 26.3 Å². The highest BCUT2D eigenvalue weighted by Gasteiger charge is 2.30. The molecule has 0 saturated carbocycles. The molecule has 1 unspecified atom stereocenters. The molecule has 1 rings (SSSR count). The summed E-state index contributed by atoms with van der Waals surface area (Å²) in [7, 11) is 0. The van der Waals surface area contributed by atoms with E-state index in [1.807, 2.05) is 51.1 Å². The fourth-order valence-corrected chi connectivity index (χ4v) is 2.02. The summed E-state index contributed by atoms with van der Waals surface area (Å²) in [6, 6.07) is 8.08. The van der Waals surface area contributed by atoms with E-state index in [4.69, 9.17) is 4.74 Å². The molecule has 0 aliphatic heterocycles. The Balaban J connectivity index is 3.25. The first-order valence-corrected chi connectivity index (χ1v) is 5.94. The minimum absolute atomic E-state index is 0.258. The third kappa shape index (κ3) is 3.19. The highest BCUT2D eigenvalue weighted by molar-refractivity contribution is 5.67. The van der Waals surface area contributed by atoms with E-state index in [2.05, 4.69) is 6.07 Å². The number of allylic oxidation sites excluding steroid dienone is 1. The number of benzene rings is 1. The maximum absolute atomic E-state index is 11.3. The molecule has 2 nitrogen and oxygen atoms in total. The van der Waals surface area contributed by atoms with Crippen molar-refractivity contribution in [3.8, 4) is 0 Å². The lowest BCUT2D eigenvalue weighted by Crippen LogP contribution is -2.29. The molecule has 0 N–H and O–H groups in total. The molecule has 0 saturated heterocycles. The quantitative estimate of drug-likeness (QED) is 0.584. The van der Waals surface area contributed by atoms with E-state index < -0.39 is 5.60 Å². The van der Waals surface area contributed by atoms with Crippen LogP contribution in [0.25, 0.3) is 0 Å². The van der Waals surface area contributed by atoms with Crippen LogP contribution in [0.2, 0.25) is 0 Å². The first-order chi connectivity index (χ1) is 8.04. The molecule has 0 fully saturated rings. The zero-order chi connectivity index (χ0) is 12.9. The van der Waals surface area contributed by atoms with Gasteiger partial charge in [0, 0.05) is 6.92 Å². The molecule has 92 valence electrons. The smallest absolute Gasteiger partial charge is 0.303 e. The molecular formula is C15H20O2. The average Bonchev–Trinajstić information content (AvgIpc) is 2.27. The molecule has 0 radical (unpaired) electrons. The molecule has 17 heavy (non-hydrogen) atoms. The van der Waals surface area contributed by atoms with Crippen molar-refractivity contribution in [2.24, 2.45) is 0 Å². The molecule has 0 heterocycles. The van der Waals surface area contributed by atoms with Crippen molar-refractivity contribution >= 4 is 5.97 Å². The molecule has 1 aromatic rings. The van der Waals surface area contributed by atoms with Crippen molar-refractivity contribution in [2.75, 3.05) is 0 Å². The number of esters is 1. The van der Waals surface area contributed by atoms with Crippen molar-refractivity contribution in [3.63, 3.8) is 0 Å². The van der Waals surface area contributed by atoms with Gasteiger partial charge in [0.25, 0.3) is 0 Å². The van der Waals surface area contributed by atoms with E-state index in [9.17, 15) is 4.79 Å². The van der Waals surface area contributed by atoms with Crippen molar-refractivity contribution in [3.05, 3.63) is 47.5 Å². The Bertz CT molecular complexity index is 421. The Hall–Kier alpha value is -1.57. The summed E-state index contributed by atoms with van der Waals surface area (Å²) in [4.78, 5) is 11.3. The second-order valence-corrected chi connectivity index (χ2v) is 4.21. The van der Waals surface area contributed by atoms with Crippen LogP contribution in [-0.4, -0.2) is 5.97 Å². The maximum Gasteiger partial charge on any atom is 0.303 e. The van der Waals surface area contributed by atoms with Crippen molar-refractivity contribution in [2.45, 2.75) is 39.7 Å². The predicted molar refractivity (Wildman–Crippen MR) is 69.7 cm³/mol. The number of hydrogen-bond acceptors (Lipinski definition) is 2. The Kier molecular flexibility index (Phi) is 4.50. The van der Waals surface area contributed by atoms with Crippen LogP contribution in [0.4, 0.5) is 0 Å². The number of hydrogen-bond donors (Lipinski definition) is 0. The van der Waals surface area contributed by atoms with Crippen molar-refractivity contribution < 1.29 is 9.53 Å². The van der Waals surface area contributed by atoms with Crippen LogP contribution in [0.1, 0.15) is 38.3 Å². The van der Waals surface area contributed by atoms with Crippen LogP contribution in [0.5, 0.6) is 0 Å². The number of rotatable bonds is 4. The van der Waals surface area contributed by atoms with Crippen LogP contribution < -0.4 is 0 Å². The fraction of sp³-hybridized carbons (Fsp3) is 0.400. The second kappa shape index (κ2) is 5.67. The van der Waals surface area contributed by atoms with Crippen LogP contribution in [0, 0.1) is 6.92 Å². The van der Waals surface area contributed by atoms with Crippen LogP contribution >= 0.6 is 0 Å². The lowest BCUT2D eigenvalue weighted by molar-refractivity contribution is -0.153. The van der Waals surface area contributed by atoms with Gasteiger partial charge in [0.15, 0.2) is 5.60 Å². The van der Waals surface area contributed by atoms with E-state index in [0.717, 1.165) is 17.5 Å². The lowest BCUT2D eigenvalue weighted by atomic mass is 9.89. The van der Waals surface area contributed by atoms with Gasteiger partial charge in [-0.05, 0) is 31.9 Å². The van der Waals surface area contributed by atoms with E-state index in [-0.39, 0.29) is 5.97 Å². The summed E-state index contributed by atoms with van der Waals surface area (Å²) >= 11 is 0. The molecule has 0 aliphatic carbocycles. The second-order valence-electron chi connectivity index (χ2n) is 4.21. The van der Waals surface area contributed by atoms with Gasteiger partial charge in [-0.3, -0.25) is 4.79 Å². The Morgan fingerprint density at radius 1 is 1.47 bits per heavy atom. The Labute approximate surface area is 103 Å². The molecule has 1 atom stereocenters. The van der Waals surface area contributed by atoms with Gasteiger partial charge >= 0.3 is 5.97 Å². The van der Waals surface area contributed by atoms with Gasteiger partial charge in [-0.25, -0.2) is 0 Å². The van der Waals surface area contributed by atoms with Crippen LogP contribution in [0.15, 0.2) is 36.4 Å². The SMILES string of the molecule is C/C=C\C(CC)(OC(C)=O)c1cccc(C)c1. The first kappa shape index (κ1) is 13.5. The summed E-state index contributed by atoms with van der Waals surface area (Å²) in [6.45, 7) is 7.44. The Morgan fingerprint density at radius 2 is 2.18 bits per heavy atom. The van der Waals surface area contributed by atoms with E-state index in [1.54, 1.807) is 0 Å². The lowest BCUT2D eigenvalue weighted by Gasteiger charge is -2.30. The number of ether oxygens (including phenoxy) is 1. The summed E-state index contributed by atoms with van der Waals surface area (Å²) < 4.78 is 5.54. The number of carbonyl (C=O) groups excluding carboxylic acids is 1. The highest BCUT2D eigenvalue weighted by atomic mass is 16.6.